The van der Waals surface area contributed by atoms with Crippen molar-refractivity contribution < 1.29 is 27.4 Å². The fraction of sp³-hybridized carbons (Fsp3) is 0.450. The number of nitrogens with zero attached hydrogens (tertiary/aromatic N) is 2. The number of alkyl halides is 3. The van der Waals surface area contributed by atoms with Gasteiger partial charge in [0.25, 0.3) is 0 Å². The van der Waals surface area contributed by atoms with Gasteiger partial charge < -0.3 is 14.4 Å². The Morgan fingerprint density at radius 3 is 2.69 bits per heavy atom. The first-order valence-electron chi connectivity index (χ1n) is 9.24. The van der Waals surface area contributed by atoms with Crippen LogP contribution < -0.4 is 4.74 Å². The summed E-state index contributed by atoms with van der Waals surface area (Å²) in [5, 5.41) is 4.18. The number of amides is 1. The summed E-state index contributed by atoms with van der Waals surface area (Å²) in [6, 6.07) is 7.86. The number of benzene rings is 1. The van der Waals surface area contributed by atoms with Crippen LogP contribution in [0.3, 0.4) is 0 Å². The first-order valence-corrected chi connectivity index (χ1v) is 10.2. The molecular weight excluding hydrogens is 405 g/mol. The van der Waals surface area contributed by atoms with Gasteiger partial charge in [0.05, 0.1) is 6.61 Å². The Hall–Kier alpha value is -2.10. The second-order valence-corrected chi connectivity index (χ2v) is 8.49. The van der Waals surface area contributed by atoms with Crippen molar-refractivity contribution in [2.24, 2.45) is 5.41 Å². The van der Waals surface area contributed by atoms with Crippen LogP contribution in [0.15, 0.2) is 41.1 Å². The number of hydrogen-bond donors (Lipinski definition) is 0. The molecule has 2 aliphatic heterocycles. The third-order valence-electron chi connectivity index (χ3n) is 5.12. The minimum atomic E-state index is -4.74. The van der Waals surface area contributed by atoms with Crippen LogP contribution in [0.25, 0.3) is 0 Å². The highest BCUT2D eigenvalue weighted by Gasteiger charge is 2.46. The van der Waals surface area contributed by atoms with Crippen molar-refractivity contribution in [2.45, 2.75) is 19.5 Å². The van der Waals surface area contributed by atoms with E-state index >= 15 is 0 Å². The van der Waals surface area contributed by atoms with Crippen molar-refractivity contribution in [3.63, 3.8) is 0 Å². The molecule has 2 saturated heterocycles. The number of rotatable bonds is 5. The van der Waals surface area contributed by atoms with Crippen LogP contribution in [0, 0.1) is 5.41 Å². The Bertz CT molecular complexity index is 851. The fourth-order valence-corrected chi connectivity index (χ4v) is 4.70. The fourth-order valence-electron chi connectivity index (χ4n) is 4.04. The molecule has 0 bridgehead atoms. The van der Waals surface area contributed by atoms with E-state index in [1.165, 1.54) is 23.8 Å². The molecule has 5 nitrogen and oxygen atoms in total. The van der Waals surface area contributed by atoms with Crippen LogP contribution in [0.4, 0.5) is 13.2 Å². The molecule has 0 radical (unpaired) electrons. The highest BCUT2D eigenvalue weighted by molar-refractivity contribution is 7.07. The van der Waals surface area contributed by atoms with Gasteiger partial charge in [-0.3, -0.25) is 9.69 Å². The van der Waals surface area contributed by atoms with E-state index < -0.39 is 6.36 Å². The monoisotopic (exact) mass is 426 g/mol. The Balaban J connectivity index is 1.40. The molecule has 3 heterocycles. The number of carbonyl (C=O) groups is 1. The van der Waals surface area contributed by atoms with E-state index in [1.807, 2.05) is 0 Å². The molecule has 1 aromatic carbocycles. The summed E-state index contributed by atoms with van der Waals surface area (Å²) >= 11 is 1.67. The lowest BCUT2D eigenvalue weighted by Gasteiger charge is -2.50. The number of thiophene rings is 1. The molecule has 0 N–H and O–H groups in total. The molecule has 9 heteroatoms. The summed E-state index contributed by atoms with van der Waals surface area (Å²) in [5.41, 5.74) is 1.72. The van der Waals surface area contributed by atoms with Gasteiger partial charge in [0.1, 0.15) is 12.4 Å². The summed E-state index contributed by atoms with van der Waals surface area (Å²) in [4.78, 5) is 16.5. The summed E-state index contributed by atoms with van der Waals surface area (Å²) in [6.45, 7) is 3.77. The Labute approximate surface area is 170 Å². The SMILES string of the molecule is O=C1COCC2(CN(Cc3ccsc3)C2)CN1Cc1cccc(OC(F)(F)F)c1. The average molecular weight is 426 g/mol. The Kier molecular flexibility index (Phi) is 5.54. The molecule has 0 aliphatic carbocycles. The van der Waals surface area contributed by atoms with Crippen LogP contribution in [-0.2, 0) is 22.6 Å². The predicted molar refractivity (Wildman–Crippen MR) is 101 cm³/mol. The topological polar surface area (TPSA) is 42.0 Å². The van der Waals surface area contributed by atoms with Crippen molar-refractivity contribution in [3.05, 3.63) is 52.2 Å². The molecule has 2 aromatic rings. The quantitative estimate of drug-likeness (QED) is 0.734. The molecule has 156 valence electrons. The number of likely N-dealkylation sites (tertiary alicyclic amines) is 1. The zero-order valence-corrected chi connectivity index (χ0v) is 16.5. The summed E-state index contributed by atoms with van der Waals surface area (Å²) in [5.74, 6) is -0.436. The maximum atomic E-state index is 12.5. The maximum absolute atomic E-state index is 12.5. The molecule has 2 fully saturated rings. The van der Waals surface area contributed by atoms with Gasteiger partial charge in [-0.2, -0.15) is 11.3 Å². The van der Waals surface area contributed by atoms with Crippen LogP contribution in [0.5, 0.6) is 5.75 Å². The van der Waals surface area contributed by atoms with E-state index in [4.69, 9.17) is 4.74 Å². The summed E-state index contributed by atoms with van der Waals surface area (Å²) in [6.07, 6.45) is -4.74. The lowest BCUT2D eigenvalue weighted by molar-refractivity contribution is -0.274. The van der Waals surface area contributed by atoms with Crippen molar-refractivity contribution >= 4 is 17.2 Å². The molecule has 1 amide bonds. The summed E-state index contributed by atoms with van der Waals surface area (Å²) < 4.78 is 47.0. The van der Waals surface area contributed by atoms with E-state index in [0.717, 1.165) is 19.6 Å². The number of hydrogen-bond acceptors (Lipinski definition) is 5. The minimum Gasteiger partial charge on any atom is -0.406 e. The van der Waals surface area contributed by atoms with Gasteiger partial charge in [0, 0.05) is 38.1 Å². The van der Waals surface area contributed by atoms with E-state index in [2.05, 4.69) is 26.5 Å². The molecular formula is C20H21F3N2O3S. The largest absolute Gasteiger partial charge is 0.573 e. The molecule has 2 aliphatic rings. The third kappa shape index (κ3) is 5.09. The lowest BCUT2D eigenvalue weighted by atomic mass is 9.79. The molecule has 29 heavy (non-hydrogen) atoms. The van der Waals surface area contributed by atoms with Gasteiger partial charge >= 0.3 is 6.36 Å². The van der Waals surface area contributed by atoms with Gasteiger partial charge in [-0.15, -0.1) is 13.2 Å². The van der Waals surface area contributed by atoms with Crippen LogP contribution in [-0.4, -0.2) is 54.9 Å². The lowest BCUT2D eigenvalue weighted by Crippen LogP contribution is -2.61. The number of carbonyl (C=O) groups excluding carboxylic acids is 1. The van der Waals surface area contributed by atoms with Crippen molar-refractivity contribution in [3.8, 4) is 5.75 Å². The smallest absolute Gasteiger partial charge is 0.406 e. The minimum absolute atomic E-state index is 0.00891. The van der Waals surface area contributed by atoms with Crippen molar-refractivity contribution in [2.75, 3.05) is 32.8 Å². The van der Waals surface area contributed by atoms with E-state index in [1.54, 1.807) is 22.3 Å². The first kappa shape index (κ1) is 20.2. The number of halogens is 3. The molecule has 0 atom stereocenters. The van der Waals surface area contributed by atoms with Crippen molar-refractivity contribution in [1.29, 1.82) is 0 Å². The van der Waals surface area contributed by atoms with Gasteiger partial charge in [0.15, 0.2) is 0 Å². The van der Waals surface area contributed by atoms with Crippen LogP contribution >= 0.6 is 11.3 Å². The van der Waals surface area contributed by atoms with Gasteiger partial charge in [-0.05, 0) is 40.1 Å². The standard InChI is InChI=1S/C20H21F3N2O3S/c21-20(22,23)28-17-3-1-2-15(6-17)8-25-13-19(14-27-9-18(25)26)11-24(12-19)7-16-4-5-29-10-16/h1-6,10H,7-9,11-14H2. The number of ether oxygens (including phenoxy) is 2. The zero-order chi connectivity index (χ0) is 20.5. The van der Waals surface area contributed by atoms with E-state index in [-0.39, 0.29) is 30.2 Å². The molecule has 4 rings (SSSR count). The maximum Gasteiger partial charge on any atom is 0.573 e. The third-order valence-corrected chi connectivity index (χ3v) is 5.85. The highest BCUT2D eigenvalue weighted by Crippen LogP contribution is 2.35. The van der Waals surface area contributed by atoms with E-state index in [0.29, 0.717) is 18.7 Å². The summed E-state index contributed by atoms with van der Waals surface area (Å²) in [7, 11) is 0. The van der Waals surface area contributed by atoms with Gasteiger partial charge in [-0.25, -0.2) is 0 Å². The highest BCUT2D eigenvalue weighted by atomic mass is 32.1. The first-order chi connectivity index (χ1) is 13.8. The van der Waals surface area contributed by atoms with E-state index in [9.17, 15) is 18.0 Å². The molecule has 0 unspecified atom stereocenters. The predicted octanol–water partition coefficient (Wildman–Crippen LogP) is 3.51. The zero-order valence-electron chi connectivity index (χ0n) is 15.7. The molecule has 1 aromatic heterocycles. The van der Waals surface area contributed by atoms with Crippen LogP contribution in [0.2, 0.25) is 0 Å². The van der Waals surface area contributed by atoms with Crippen LogP contribution in [0.1, 0.15) is 11.1 Å². The second kappa shape index (κ2) is 7.97. The Morgan fingerprint density at radius 1 is 1.14 bits per heavy atom. The second-order valence-electron chi connectivity index (χ2n) is 7.71. The van der Waals surface area contributed by atoms with Gasteiger partial charge in [-0.1, -0.05) is 12.1 Å². The van der Waals surface area contributed by atoms with Gasteiger partial charge in [0.2, 0.25) is 5.91 Å². The average Bonchev–Trinajstić information content (AvgIpc) is 3.05. The molecule has 0 saturated carbocycles. The molecule has 1 spiro atoms. The Morgan fingerprint density at radius 2 is 1.97 bits per heavy atom. The normalized spacial score (nSPS) is 19.8. The van der Waals surface area contributed by atoms with Crippen molar-refractivity contribution in [1.82, 2.24) is 9.80 Å².